The Morgan fingerprint density at radius 2 is 2.04 bits per heavy atom. The van der Waals surface area contributed by atoms with E-state index in [1.54, 1.807) is 36.5 Å². The number of hydrogen-bond donors (Lipinski definition) is 1. The Morgan fingerprint density at radius 3 is 2.88 bits per heavy atom. The Hall–Kier alpha value is -2.29. The summed E-state index contributed by atoms with van der Waals surface area (Å²) in [4.78, 5) is 9.13. The smallest absolute Gasteiger partial charge is 0.240 e. The Bertz CT molecular complexity index is 969. The van der Waals surface area contributed by atoms with Crippen LogP contribution in [0.3, 0.4) is 0 Å². The minimum Gasteiger partial charge on any atom is -0.371 e. The van der Waals surface area contributed by atoms with Crippen molar-refractivity contribution in [3.8, 4) is 0 Å². The first kappa shape index (κ1) is 15.3. The fraction of sp³-hybridized carbons (Fsp3) is 0.250. The van der Waals surface area contributed by atoms with Gasteiger partial charge in [0.25, 0.3) is 0 Å². The summed E-state index contributed by atoms with van der Waals surface area (Å²) in [5.41, 5.74) is 1.54. The fourth-order valence-electron chi connectivity index (χ4n) is 2.86. The number of hydrogen-bond acceptors (Lipinski definition) is 5. The maximum absolute atomic E-state index is 12.4. The van der Waals surface area contributed by atoms with Crippen molar-refractivity contribution in [3.05, 3.63) is 54.5 Å². The number of aromatic nitrogens is 3. The van der Waals surface area contributed by atoms with Gasteiger partial charge >= 0.3 is 0 Å². The molecule has 0 spiro atoms. The average molecular weight is 344 g/mol. The summed E-state index contributed by atoms with van der Waals surface area (Å²) in [6.45, 7) is 1.02. The molecule has 8 heteroatoms. The molecule has 24 heavy (non-hydrogen) atoms. The highest BCUT2D eigenvalue weighted by Gasteiger charge is 2.26. The number of fused-ring (bicyclic) bond motifs is 3. The van der Waals surface area contributed by atoms with Gasteiger partial charge in [-0.05, 0) is 24.3 Å². The molecule has 0 saturated carbocycles. The summed E-state index contributed by atoms with van der Waals surface area (Å²) in [5, 5.41) is 0. The second kappa shape index (κ2) is 5.97. The predicted octanol–water partition coefficient (Wildman–Crippen LogP) is 1.48. The van der Waals surface area contributed by atoms with Crippen LogP contribution in [0.1, 0.15) is 11.9 Å². The zero-order valence-corrected chi connectivity index (χ0v) is 13.6. The van der Waals surface area contributed by atoms with Gasteiger partial charge in [-0.2, -0.15) is 0 Å². The third-order valence-corrected chi connectivity index (χ3v) is 5.43. The normalized spacial score (nSPS) is 17.8. The molecular formula is C16H16N4O3S. The van der Waals surface area contributed by atoms with Gasteiger partial charge in [-0.25, -0.2) is 23.1 Å². The van der Waals surface area contributed by atoms with Gasteiger partial charge in [0.15, 0.2) is 5.65 Å². The van der Waals surface area contributed by atoms with Crippen molar-refractivity contribution >= 4 is 21.2 Å². The van der Waals surface area contributed by atoms with Crippen LogP contribution < -0.4 is 4.72 Å². The van der Waals surface area contributed by atoms with Crippen molar-refractivity contribution in [1.29, 1.82) is 0 Å². The van der Waals surface area contributed by atoms with E-state index >= 15 is 0 Å². The summed E-state index contributed by atoms with van der Waals surface area (Å²) >= 11 is 0. The van der Waals surface area contributed by atoms with E-state index in [4.69, 9.17) is 4.74 Å². The molecule has 4 rings (SSSR count). The standard InChI is InChI=1S/C16H16N4O3S/c21-24(22,13-5-2-1-3-6-13)18-9-12-10-23-11-15-19-14-7-4-8-17-16(14)20(12)15/h1-8,12,18H,9-11H2. The van der Waals surface area contributed by atoms with Gasteiger partial charge in [-0.15, -0.1) is 0 Å². The molecule has 1 unspecified atom stereocenters. The van der Waals surface area contributed by atoms with Gasteiger partial charge in [-0.3, -0.25) is 0 Å². The minimum atomic E-state index is -3.56. The second-order valence-electron chi connectivity index (χ2n) is 5.58. The van der Waals surface area contributed by atoms with Crippen LogP contribution in [0.2, 0.25) is 0 Å². The van der Waals surface area contributed by atoms with E-state index in [9.17, 15) is 8.42 Å². The molecule has 1 aliphatic rings. The molecule has 124 valence electrons. The molecule has 3 aromatic rings. The van der Waals surface area contributed by atoms with E-state index in [1.807, 2.05) is 16.7 Å². The predicted molar refractivity (Wildman–Crippen MR) is 87.9 cm³/mol. The third kappa shape index (κ3) is 2.68. The summed E-state index contributed by atoms with van der Waals surface area (Å²) in [5.74, 6) is 0.763. The van der Waals surface area contributed by atoms with Crippen molar-refractivity contribution in [2.75, 3.05) is 13.2 Å². The van der Waals surface area contributed by atoms with E-state index in [2.05, 4.69) is 14.7 Å². The number of pyridine rings is 1. The van der Waals surface area contributed by atoms with Crippen LogP contribution in [0.15, 0.2) is 53.6 Å². The van der Waals surface area contributed by atoms with E-state index < -0.39 is 10.0 Å². The van der Waals surface area contributed by atoms with Crippen LogP contribution in [-0.2, 0) is 21.4 Å². The number of sulfonamides is 1. The molecule has 0 radical (unpaired) electrons. The number of benzene rings is 1. The van der Waals surface area contributed by atoms with Gasteiger partial charge < -0.3 is 9.30 Å². The molecule has 0 bridgehead atoms. The van der Waals surface area contributed by atoms with E-state index in [0.29, 0.717) is 13.2 Å². The molecule has 1 aliphatic heterocycles. The van der Waals surface area contributed by atoms with Crippen LogP contribution in [0.5, 0.6) is 0 Å². The van der Waals surface area contributed by atoms with Crippen molar-refractivity contribution in [1.82, 2.24) is 19.3 Å². The minimum absolute atomic E-state index is 0.188. The maximum atomic E-state index is 12.4. The lowest BCUT2D eigenvalue weighted by molar-refractivity contribution is 0.0578. The average Bonchev–Trinajstić information content (AvgIpc) is 3.00. The number of imidazole rings is 1. The molecule has 3 heterocycles. The molecule has 7 nitrogen and oxygen atoms in total. The summed E-state index contributed by atoms with van der Waals surface area (Å²) < 4.78 is 35.0. The van der Waals surface area contributed by atoms with Gasteiger partial charge in [0.1, 0.15) is 17.9 Å². The quantitative estimate of drug-likeness (QED) is 0.775. The highest BCUT2D eigenvalue weighted by molar-refractivity contribution is 7.89. The van der Waals surface area contributed by atoms with Crippen molar-refractivity contribution in [3.63, 3.8) is 0 Å². The summed E-state index contributed by atoms with van der Waals surface area (Å²) in [7, 11) is -3.56. The summed E-state index contributed by atoms with van der Waals surface area (Å²) in [6.07, 6.45) is 1.71. The van der Waals surface area contributed by atoms with Crippen molar-refractivity contribution in [2.24, 2.45) is 0 Å². The lowest BCUT2D eigenvalue weighted by Gasteiger charge is -2.25. The van der Waals surface area contributed by atoms with Gasteiger partial charge in [0, 0.05) is 12.7 Å². The number of nitrogens with one attached hydrogen (secondary N) is 1. The first-order valence-electron chi connectivity index (χ1n) is 7.59. The van der Waals surface area contributed by atoms with Crippen LogP contribution in [0.4, 0.5) is 0 Å². The maximum Gasteiger partial charge on any atom is 0.240 e. The Labute approximate surface area is 139 Å². The highest BCUT2D eigenvalue weighted by Crippen LogP contribution is 2.24. The van der Waals surface area contributed by atoms with Crippen LogP contribution in [0, 0.1) is 0 Å². The second-order valence-corrected chi connectivity index (χ2v) is 7.35. The van der Waals surface area contributed by atoms with Crippen molar-refractivity contribution in [2.45, 2.75) is 17.5 Å². The van der Waals surface area contributed by atoms with Crippen LogP contribution >= 0.6 is 0 Å². The monoisotopic (exact) mass is 344 g/mol. The zero-order chi connectivity index (χ0) is 16.6. The number of nitrogens with zero attached hydrogens (tertiary/aromatic N) is 3. The largest absolute Gasteiger partial charge is 0.371 e. The lowest BCUT2D eigenvalue weighted by Crippen LogP contribution is -2.35. The lowest BCUT2D eigenvalue weighted by atomic mass is 10.3. The van der Waals surface area contributed by atoms with E-state index in [1.165, 1.54) is 0 Å². The molecule has 1 N–H and O–H groups in total. The molecule has 1 atom stereocenters. The van der Waals surface area contributed by atoms with Crippen molar-refractivity contribution < 1.29 is 13.2 Å². The summed E-state index contributed by atoms with van der Waals surface area (Å²) in [6, 6.07) is 11.8. The zero-order valence-electron chi connectivity index (χ0n) is 12.8. The van der Waals surface area contributed by atoms with Crippen LogP contribution in [0.25, 0.3) is 11.2 Å². The molecule has 0 amide bonds. The van der Waals surface area contributed by atoms with Gasteiger partial charge in [-0.1, -0.05) is 18.2 Å². The topological polar surface area (TPSA) is 86.1 Å². The van der Waals surface area contributed by atoms with E-state index in [-0.39, 0.29) is 17.5 Å². The molecule has 0 saturated heterocycles. The number of ether oxygens (including phenoxy) is 1. The molecule has 2 aromatic heterocycles. The molecule has 0 aliphatic carbocycles. The first-order chi connectivity index (χ1) is 11.6. The van der Waals surface area contributed by atoms with Gasteiger partial charge in [0.2, 0.25) is 10.0 Å². The van der Waals surface area contributed by atoms with E-state index in [0.717, 1.165) is 17.0 Å². The Morgan fingerprint density at radius 1 is 1.21 bits per heavy atom. The number of rotatable bonds is 4. The van der Waals surface area contributed by atoms with Gasteiger partial charge in [0.05, 0.1) is 17.5 Å². The highest BCUT2D eigenvalue weighted by atomic mass is 32.2. The Kier molecular flexibility index (Phi) is 3.79. The fourth-order valence-corrected chi connectivity index (χ4v) is 3.96. The third-order valence-electron chi connectivity index (χ3n) is 3.99. The molecule has 1 aromatic carbocycles. The van der Waals surface area contributed by atoms with Crippen LogP contribution in [-0.4, -0.2) is 36.1 Å². The molecule has 0 fully saturated rings. The SMILES string of the molecule is O=S(=O)(NCC1COCc2nc3cccnc3n21)c1ccccc1. The molecular weight excluding hydrogens is 328 g/mol. The Balaban J connectivity index is 1.61. The first-order valence-corrected chi connectivity index (χ1v) is 9.08.